The molecule has 2 fully saturated rings. The molecule has 1 saturated heterocycles. The molecule has 1 aliphatic carbocycles. The molecule has 4 nitrogen and oxygen atoms in total. The molecule has 0 spiro atoms. The minimum absolute atomic E-state index is 0.0691. The number of anilines is 1. The van der Waals surface area contributed by atoms with E-state index in [0.29, 0.717) is 11.3 Å². The largest absolute Gasteiger partial charge is 0.353 e. The van der Waals surface area contributed by atoms with E-state index in [1.165, 1.54) is 17.4 Å². The van der Waals surface area contributed by atoms with Gasteiger partial charge >= 0.3 is 0 Å². The molecule has 1 N–H and O–H groups in total. The lowest BCUT2D eigenvalue weighted by Gasteiger charge is -2.39. The summed E-state index contributed by atoms with van der Waals surface area (Å²) in [5.74, 6) is -0.375. The Hall–Kier alpha value is -1.91. The molecule has 0 radical (unpaired) electrons. The maximum absolute atomic E-state index is 14.0. The minimum atomic E-state index is -0.427. The third-order valence-electron chi connectivity index (χ3n) is 6.73. The molecule has 1 heterocycles. The van der Waals surface area contributed by atoms with Gasteiger partial charge in [0.25, 0.3) is 0 Å². The lowest BCUT2D eigenvalue weighted by molar-refractivity contribution is -0.127. The normalized spacial score (nSPS) is 26.3. The average molecular weight is 375 g/mol. The van der Waals surface area contributed by atoms with Gasteiger partial charge in [0.15, 0.2) is 0 Å². The number of carbonyl (C=O) groups is 2. The van der Waals surface area contributed by atoms with Crippen molar-refractivity contribution in [1.82, 2.24) is 5.32 Å². The van der Waals surface area contributed by atoms with E-state index < -0.39 is 11.7 Å². The summed E-state index contributed by atoms with van der Waals surface area (Å²) in [6.45, 7) is 7.16. The molecule has 0 unspecified atom stereocenters. The highest BCUT2D eigenvalue weighted by molar-refractivity contribution is 6.00. The van der Waals surface area contributed by atoms with Crippen LogP contribution < -0.4 is 10.2 Å². The lowest BCUT2D eigenvalue weighted by atomic mass is 9.69. The molecule has 0 bridgehead atoms. The van der Waals surface area contributed by atoms with Crippen molar-refractivity contribution >= 4 is 17.5 Å². The van der Waals surface area contributed by atoms with Crippen molar-refractivity contribution in [3.63, 3.8) is 0 Å². The van der Waals surface area contributed by atoms with Gasteiger partial charge in [0.1, 0.15) is 5.82 Å². The first-order chi connectivity index (χ1) is 12.8. The summed E-state index contributed by atoms with van der Waals surface area (Å²) in [5.41, 5.74) is 0.618. The highest BCUT2D eigenvalue weighted by Crippen LogP contribution is 2.40. The second-order valence-electron chi connectivity index (χ2n) is 8.76. The Morgan fingerprint density at radius 2 is 1.89 bits per heavy atom. The Kier molecular flexibility index (Phi) is 5.87. The van der Waals surface area contributed by atoms with Gasteiger partial charge in [-0.1, -0.05) is 39.3 Å². The van der Waals surface area contributed by atoms with Crippen LogP contribution >= 0.6 is 0 Å². The Morgan fingerprint density at radius 3 is 2.52 bits per heavy atom. The third kappa shape index (κ3) is 4.33. The van der Waals surface area contributed by atoms with Crippen LogP contribution in [-0.2, 0) is 9.59 Å². The Bertz CT molecular complexity index is 695. The van der Waals surface area contributed by atoms with Gasteiger partial charge in [-0.05, 0) is 49.1 Å². The van der Waals surface area contributed by atoms with Crippen LogP contribution in [-0.4, -0.2) is 24.4 Å². The molecular weight excluding hydrogens is 343 g/mol. The van der Waals surface area contributed by atoms with Crippen molar-refractivity contribution in [2.75, 3.05) is 11.4 Å². The van der Waals surface area contributed by atoms with Gasteiger partial charge in [0.2, 0.25) is 11.8 Å². The summed E-state index contributed by atoms with van der Waals surface area (Å²) in [7, 11) is 0. The van der Waals surface area contributed by atoms with E-state index in [9.17, 15) is 14.0 Å². The molecule has 0 aromatic heterocycles. The number of halogens is 1. The second-order valence-corrected chi connectivity index (χ2v) is 8.76. The van der Waals surface area contributed by atoms with Crippen LogP contribution in [0, 0.1) is 23.1 Å². The molecule has 2 aliphatic rings. The quantitative estimate of drug-likeness (QED) is 0.836. The van der Waals surface area contributed by atoms with E-state index in [0.717, 1.165) is 25.7 Å². The number of amides is 2. The molecule has 148 valence electrons. The second kappa shape index (κ2) is 7.99. The summed E-state index contributed by atoms with van der Waals surface area (Å²) in [5, 5.41) is 3.15. The maximum atomic E-state index is 14.0. The molecule has 5 heteroatoms. The average Bonchev–Trinajstić information content (AvgIpc) is 3.04. The lowest BCUT2D eigenvalue weighted by Crippen LogP contribution is -2.43. The molecular formula is C22H31FN2O2. The van der Waals surface area contributed by atoms with Gasteiger partial charge in [-0.2, -0.15) is 0 Å². The molecule has 1 aromatic rings. The predicted molar refractivity (Wildman–Crippen MR) is 105 cm³/mol. The summed E-state index contributed by atoms with van der Waals surface area (Å²) >= 11 is 0. The Labute approximate surface area is 161 Å². The van der Waals surface area contributed by atoms with Gasteiger partial charge in [0, 0.05) is 19.0 Å². The van der Waals surface area contributed by atoms with Crippen LogP contribution in [0.1, 0.15) is 59.3 Å². The highest BCUT2D eigenvalue weighted by atomic mass is 19.1. The van der Waals surface area contributed by atoms with Crippen molar-refractivity contribution in [3.05, 3.63) is 30.1 Å². The number of nitrogens with one attached hydrogen (secondary N) is 1. The first kappa shape index (κ1) is 19.8. The van der Waals surface area contributed by atoms with Crippen LogP contribution in [0.25, 0.3) is 0 Å². The number of carbonyl (C=O) groups excluding carboxylic acids is 2. The molecule has 3 rings (SSSR count). The first-order valence-corrected chi connectivity index (χ1v) is 10.2. The summed E-state index contributed by atoms with van der Waals surface area (Å²) in [6.07, 6.45) is 5.59. The molecule has 27 heavy (non-hydrogen) atoms. The van der Waals surface area contributed by atoms with Crippen molar-refractivity contribution in [3.8, 4) is 0 Å². The van der Waals surface area contributed by atoms with Gasteiger partial charge < -0.3 is 10.2 Å². The molecule has 2 amide bonds. The fraction of sp³-hybridized carbons (Fsp3) is 0.636. The van der Waals surface area contributed by atoms with E-state index in [1.54, 1.807) is 18.2 Å². The van der Waals surface area contributed by atoms with Crippen molar-refractivity contribution in [2.45, 2.75) is 65.3 Å². The highest BCUT2D eigenvalue weighted by Gasteiger charge is 2.38. The van der Waals surface area contributed by atoms with E-state index in [4.69, 9.17) is 0 Å². The number of hydrogen-bond acceptors (Lipinski definition) is 2. The van der Waals surface area contributed by atoms with Crippen LogP contribution in [0.4, 0.5) is 10.1 Å². The summed E-state index contributed by atoms with van der Waals surface area (Å²) in [4.78, 5) is 26.4. The topological polar surface area (TPSA) is 49.4 Å². The van der Waals surface area contributed by atoms with E-state index >= 15 is 0 Å². The van der Waals surface area contributed by atoms with Crippen molar-refractivity contribution < 1.29 is 14.0 Å². The fourth-order valence-corrected chi connectivity index (χ4v) is 4.41. The van der Waals surface area contributed by atoms with Crippen LogP contribution in [0.2, 0.25) is 0 Å². The summed E-state index contributed by atoms with van der Waals surface area (Å²) < 4.78 is 14.0. The minimum Gasteiger partial charge on any atom is -0.353 e. The first-order valence-electron chi connectivity index (χ1n) is 10.2. The number of benzene rings is 1. The van der Waals surface area contributed by atoms with E-state index in [1.807, 2.05) is 0 Å². The number of hydrogen-bond donors (Lipinski definition) is 1. The van der Waals surface area contributed by atoms with Crippen molar-refractivity contribution in [2.24, 2.45) is 17.3 Å². The zero-order valence-electron chi connectivity index (χ0n) is 16.6. The molecule has 1 aliphatic heterocycles. The Balaban J connectivity index is 1.54. The maximum Gasteiger partial charge on any atom is 0.227 e. The molecule has 1 aromatic carbocycles. The molecule has 1 atom stereocenters. The number of para-hydroxylation sites is 1. The SMILES string of the molecule is CCC(C)(C)C1CCC(NC(=O)[C@@H]2CC(=O)N(c3ccccc3F)C2)CC1. The van der Waals surface area contributed by atoms with Gasteiger partial charge in [0.05, 0.1) is 11.6 Å². The number of nitrogens with zero attached hydrogens (tertiary/aromatic N) is 1. The standard InChI is InChI=1S/C22H31FN2O2/c1-4-22(2,3)16-9-11-17(12-10-16)24-21(27)15-13-20(26)25(14-15)19-8-6-5-7-18(19)23/h5-8,15-17H,4,9-14H2,1-3H3,(H,24,27)/t15-,16?,17?/m1/s1. The zero-order chi connectivity index (χ0) is 19.6. The molecule has 1 saturated carbocycles. The van der Waals surface area contributed by atoms with Gasteiger partial charge in [-0.25, -0.2) is 4.39 Å². The van der Waals surface area contributed by atoms with Crippen LogP contribution in [0.5, 0.6) is 0 Å². The van der Waals surface area contributed by atoms with Gasteiger partial charge in [-0.3, -0.25) is 9.59 Å². The van der Waals surface area contributed by atoms with E-state index in [-0.39, 0.29) is 36.5 Å². The van der Waals surface area contributed by atoms with E-state index in [2.05, 4.69) is 26.1 Å². The number of rotatable bonds is 5. The summed E-state index contributed by atoms with van der Waals surface area (Å²) in [6, 6.07) is 6.42. The zero-order valence-corrected chi connectivity index (χ0v) is 16.6. The van der Waals surface area contributed by atoms with Crippen LogP contribution in [0.15, 0.2) is 24.3 Å². The van der Waals surface area contributed by atoms with Crippen molar-refractivity contribution in [1.29, 1.82) is 0 Å². The van der Waals surface area contributed by atoms with Gasteiger partial charge in [-0.15, -0.1) is 0 Å². The Morgan fingerprint density at radius 1 is 1.22 bits per heavy atom. The monoisotopic (exact) mass is 374 g/mol. The third-order valence-corrected chi connectivity index (χ3v) is 6.73. The van der Waals surface area contributed by atoms with Crippen LogP contribution in [0.3, 0.4) is 0 Å². The smallest absolute Gasteiger partial charge is 0.227 e. The fourth-order valence-electron chi connectivity index (χ4n) is 4.41. The predicted octanol–water partition coefficient (Wildman–Crippen LogP) is 4.29.